The van der Waals surface area contributed by atoms with Gasteiger partial charge in [-0.1, -0.05) is 36.8 Å². The van der Waals surface area contributed by atoms with Crippen molar-refractivity contribution >= 4 is 11.8 Å². The molecule has 2 atom stereocenters. The molecule has 5 heteroatoms. The molecule has 1 aromatic rings. The molecule has 0 bridgehead atoms. The van der Waals surface area contributed by atoms with Crippen LogP contribution in [0, 0.1) is 5.92 Å². The molecule has 1 aliphatic rings. The lowest BCUT2D eigenvalue weighted by molar-refractivity contribution is -0.130. The van der Waals surface area contributed by atoms with E-state index in [1.807, 2.05) is 30.3 Å². The molecule has 2 amide bonds. The van der Waals surface area contributed by atoms with Crippen molar-refractivity contribution in [2.75, 3.05) is 13.1 Å². The Morgan fingerprint density at radius 1 is 1.26 bits per heavy atom. The Labute approximate surface area is 137 Å². The number of aliphatic hydroxyl groups excluding tert-OH is 1. The fourth-order valence-corrected chi connectivity index (χ4v) is 2.98. The molecule has 0 spiro atoms. The summed E-state index contributed by atoms with van der Waals surface area (Å²) in [7, 11) is 0. The van der Waals surface area contributed by atoms with Gasteiger partial charge in [-0.25, -0.2) is 0 Å². The van der Waals surface area contributed by atoms with Crippen LogP contribution >= 0.6 is 0 Å². The second-order valence-electron chi connectivity index (χ2n) is 6.24. The van der Waals surface area contributed by atoms with Crippen LogP contribution in [-0.4, -0.2) is 41.0 Å². The lowest BCUT2D eigenvalue weighted by Gasteiger charge is -2.21. The van der Waals surface area contributed by atoms with Crippen LogP contribution in [0.2, 0.25) is 0 Å². The van der Waals surface area contributed by atoms with Crippen LogP contribution in [0.4, 0.5) is 0 Å². The molecule has 2 rings (SSSR count). The summed E-state index contributed by atoms with van der Waals surface area (Å²) in [6.45, 7) is 2.97. The van der Waals surface area contributed by atoms with Crippen LogP contribution in [0.1, 0.15) is 38.2 Å². The highest BCUT2D eigenvalue weighted by Crippen LogP contribution is 2.24. The minimum absolute atomic E-state index is 0.0344. The normalized spacial score (nSPS) is 20.3. The van der Waals surface area contributed by atoms with Crippen molar-refractivity contribution in [1.29, 1.82) is 0 Å². The number of hydrogen-bond acceptors (Lipinski definition) is 3. The number of benzene rings is 1. The van der Waals surface area contributed by atoms with Crippen molar-refractivity contribution in [3.63, 3.8) is 0 Å². The first-order valence-corrected chi connectivity index (χ1v) is 8.30. The molecule has 2 N–H and O–H groups in total. The predicted molar refractivity (Wildman–Crippen MR) is 88.5 cm³/mol. The molecule has 23 heavy (non-hydrogen) atoms. The van der Waals surface area contributed by atoms with Gasteiger partial charge in [-0.05, 0) is 18.4 Å². The predicted octanol–water partition coefficient (Wildman–Crippen LogP) is 1.70. The Morgan fingerprint density at radius 3 is 2.61 bits per heavy atom. The number of aliphatic hydroxyl groups is 1. The maximum atomic E-state index is 12.0. The van der Waals surface area contributed by atoms with Gasteiger partial charge in [0.25, 0.3) is 0 Å². The Morgan fingerprint density at radius 2 is 2.00 bits per heavy atom. The van der Waals surface area contributed by atoms with E-state index in [0.29, 0.717) is 19.6 Å². The van der Waals surface area contributed by atoms with Gasteiger partial charge >= 0.3 is 0 Å². The maximum absolute atomic E-state index is 12.0. The van der Waals surface area contributed by atoms with E-state index in [1.165, 1.54) is 6.92 Å². The van der Waals surface area contributed by atoms with Gasteiger partial charge in [0, 0.05) is 38.9 Å². The Bertz CT molecular complexity index is 518. The molecule has 1 fully saturated rings. The van der Waals surface area contributed by atoms with E-state index in [9.17, 15) is 14.7 Å². The Hall–Kier alpha value is -1.88. The van der Waals surface area contributed by atoms with E-state index in [4.69, 9.17) is 0 Å². The summed E-state index contributed by atoms with van der Waals surface area (Å²) in [6, 6.07) is 9.75. The van der Waals surface area contributed by atoms with Crippen LogP contribution in [-0.2, 0) is 16.1 Å². The lowest BCUT2D eigenvalue weighted by atomic mass is 10.1. The highest BCUT2D eigenvalue weighted by molar-refractivity contribution is 5.78. The van der Waals surface area contributed by atoms with Gasteiger partial charge in [0.2, 0.25) is 11.8 Å². The summed E-state index contributed by atoms with van der Waals surface area (Å²) in [6.07, 6.45) is 2.82. The van der Waals surface area contributed by atoms with Gasteiger partial charge in [-0.3, -0.25) is 9.59 Å². The van der Waals surface area contributed by atoms with E-state index in [2.05, 4.69) is 5.32 Å². The third-order valence-electron chi connectivity index (χ3n) is 4.45. The van der Waals surface area contributed by atoms with Crippen LogP contribution < -0.4 is 5.32 Å². The Balaban J connectivity index is 1.74. The van der Waals surface area contributed by atoms with Crippen LogP contribution in [0.3, 0.4) is 0 Å². The zero-order chi connectivity index (χ0) is 16.7. The van der Waals surface area contributed by atoms with Crippen molar-refractivity contribution in [2.45, 2.75) is 45.3 Å². The molecule has 0 aliphatic heterocycles. The van der Waals surface area contributed by atoms with Crippen LogP contribution in [0.15, 0.2) is 30.3 Å². The monoisotopic (exact) mass is 318 g/mol. The SMILES string of the molecule is CC(=O)N(CCC(=O)NCC1CCCC1O)Cc1ccccc1. The molecule has 1 aliphatic carbocycles. The number of rotatable bonds is 7. The highest BCUT2D eigenvalue weighted by Gasteiger charge is 2.25. The second-order valence-corrected chi connectivity index (χ2v) is 6.24. The minimum Gasteiger partial charge on any atom is -0.393 e. The summed E-state index contributed by atoms with van der Waals surface area (Å²) in [4.78, 5) is 25.4. The smallest absolute Gasteiger partial charge is 0.221 e. The summed E-state index contributed by atoms with van der Waals surface area (Å²) in [5, 5.41) is 12.6. The summed E-state index contributed by atoms with van der Waals surface area (Å²) < 4.78 is 0. The van der Waals surface area contributed by atoms with Gasteiger partial charge in [0.1, 0.15) is 0 Å². The first-order chi connectivity index (χ1) is 11.1. The third-order valence-corrected chi connectivity index (χ3v) is 4.45. The number of carbonyl (C=O) groups excluding carboxylic acids is 2. The third kappa shape index (κ3) is 5.67. The molecule has 1 aromatic carbocycles. The maximum Gasteiger partial charge on any atom is 0.221 e. The quantitative estimate of drug-likeness (QED) is 0.804. The molecule has 0 aromatic heterocycles. The second kappa shape index (κ2) is 8.67. The Kier molecular flexibility index (Phi) is 6.59. The van der Waals surface area contributed by atoms with Crippen molar-refractivity contribution in [3.8, 4) is 0 Å². The number of nitrogens with one attached hydrogen (secondary N) is 1. The number of hydrogen-bond donors (Lipinski definition) is 2. The average molecular weight is 318 g/mol. The number of carbonyl (C=O) groups is 2. The fourth-order valence-electron chi connectivity index (χ4n) is 2.98. The van der Waals surface area contributed by atoms with E-state index in [1.54, 1.807) is 4.90 Å². The number of nitrogens with zero attached hydrogens (tertiary/aromatic N) is 1. The largest absolute Gasteiger partial charge is 0.393 e. The van der Waals surface area contributed by atoms with Gasteiger partial charge in [0.05, 0.1) is 6.10 Å². The van der Waals surface area contributed by atoms with Gasteiger partial charge < -0.3 is 15.3 Å². The average Bonchev–Trinajstić information content (AvgIpc) is 2.95. The zero-order valence-electron chi connectivity index (χ0n) is 13.7. The molecule has 0 heterocycles. The van der Waals surface area contributed by atoms with Crippen molar-refractivity contribution in [1.82, 2.24) is 10.2 Å². The zero-order valence-corrected chi connectivity index (χ0v) is 13.7. The van der Waals surface area contributed by atoms with Crippen molar-refractivity contribution in [2.24, 2.45) is 5.92 Å². The molecule has 5 nitrogen and oxygen atoms in total. The van der Waals surface area contributed by atoms with Crippen LogP contribution in [0.5, 0.6) is 0 Å². The molecule has 126 valence electrons. The summed E-state index contributed by atoms with van der Waals surface area (Å²) in [5.74, 6) is 0.0726. The first kappa shape index (κ1) is 17.5. The molecular weight excluding hydrogens is 292 g/mol. The molecule has 0 radical (unpaired) electrons. The van der Waals surface area contributed by atoms with E-state index in [0.717, 1.165) is 24.8 Å². The first-order valence-electron chi connectivity index (χ1n) is 8.30. The standard InChI is InChI=1S/C18H26N2O3/c1-14(21)20(13-15-6-3-2-4-7-15)11-10-18(23)19-12-16-8-5-9-17(16)22/h2-4,6-7,16-17,22H,5,8-13H2,1H3,(H,19,23). The molecular formula is C18H26N2O3. The fraction of sp³-hybridized carbons (Fsp3) is 0.556. The molecule has 1 saturated carbocycles. The summed E-state index contributed by atoms with van der Waals surface area (Å²) >= 11 is 0. The van der Waals surface area contributed by atoms with Crippen molar-refractivity contribution < 1.29 is 14.7 Å². The van der Waals surface area contributed by atoms with Crippen LogP contribution in [0.25, 0.3) is 0 Å². The summed E-state index contributed by atoms with van der Waals surface area (Å²) in [5.41, 5.74) is 1.05. The molecule has 0 saturated heterocycles. The van der Waals surface area contributed by atoms with Gasteiger partial charge in [0.15, 0.2) is 0 Å². The molecule has 2 unspecified atom stereocenters. The van der Waals surface area contributed by atoms with E-state index >= 15 is 0 Å². The topological polar surface area (TPSA) is 69.6 Å². The van der Waals surface area contributed by atoms with Crippen molar-refractivity contribution in [3.05, 3.63) is 35.9 Å². The van der Waals surface area contributed by atoms with Gasteiger partial charge in [-0.2, -0.15) is 0 Å². The minimum atomic E-state index is -0.290. The lowest BCUT2D eigenvalue weighted by Crippen LogP contribution is -2.36. The van der Waals surface area contributed by atoms with E-state index < -0.39 is 0 Å². The highest BCUT2D eigenvalue weighted by atomic mass is 16.3. The van der Waals surface area contributed by atoms with Gasteiger partial charge in [-0.15, -0.1) is 0 Å². The van der Waals surface area contributed by atoms with E-state index in [-0.39, 0.29) is 30.3 Å². The number of amides is 2.